The van der Waals surface area contributed by atoms with Gasteiger partial charge in [0.2, 0.25) is 0 Å². The van der Waals surface area contributed by atoms with Gasteiger partial charge >= 0.3 is 0 Å². The van der Waals surface area contributed by atoms with Gasteiger partial charge in [-0.3, -0.25) is 11.3 Å². The summed E-state index contributed by atoms with van der Waals surface area (Å²) < 4.78 is 26.0. The van der Waals surface area contributed by atoms with Crippen molar-refractivity contribution in [3.05, 3.63) is 35.4 Å². The van der Waals surface area contributed by atoms with E-state index in [1.807, 2.05) is 0 Å². The summed E-state index contributed by atoms with van der Waals surface area (Å²) in [5, 5.41) is 0. The summed E-state index contributed by atoms with van der Waals surface area (Å²) in [4.78, 5) is 0. The zero-order valence-electron chi connectivity index (χ0n) is 10.9. The molecule has 0 heterocycles. The molecule has 2 nitrogen and oxygen atoms in total. The molecule has 1 unspecified atom stereocenters. The molecule has 0 saturated carbocycles. The minimum Gasteiger partial charge on any atom is -0.271 e. The first-order valence-corrected chi connectivity index (χ1v) is 6.60. The molecule has 1 rings (SSSR count). The normalized spacial score (nSPS) is 12.7. The van der Waals surface area contributed by atoms with E-state index in [4.69, 9.17) is 5.84 Å². The zero-order valence-corrected chi connectivity index (χ0v) is 10.9. The fraction of sp³-hybridized carbons (Fsp3) is 0.571. The van der Waals surface area contributed by atoms with Crippen molar-refractivity contribution in [2.45, 2.75) is 51.5 Å². The summed E-state index contributed by atoms with van der Waals surface area (Å²) >= 11 is 0. The lowest BCUT2D eigenvalue weighted by Gasteiger charge is -2.16. The Morgan fingerprint density at radius 2 is 1.83 bits per heavy atom. The second-order valence-corrected chi connectivity index (χ2v) is 4.60. The molecule has 0 aliphatic heterocycles. The van der Waals surface area contributed by atoms with Gasteiger partial charge in [0, 0.05) is 6.04 Å². The van der Waals surface area contributed by atoms with Crippen molar-refractivity contribution in [1.82, 2.24) is 5.43 Å². The van der Waals surface area contributed by atoms with Crippen molar-refractivity contribution in [1.29, 1.82) is 0 Å². The van der Waals surface area contributed by atoms with Gasteiger partial charge in [-0.1, -0.05) is 45.1 Å². The Morgan fingerprint density at radius 1 is 1.11 bits per heavy atom. The first-order chi connectivity index (χ1) is 8.69. The summed E-state index contributed by atoms with van der Waals surface area (Å²) in [6.07, 6.45) is 6.69. The van der Waals surface area contributed by atoms with Crippen molar-refractivity contribution in [2.24, 2.45) is 5.84 Å². The molecule has 0 radical (unpaired) electrons. The quantitative estimate of drug-likeness (QED) is 0.421. The molecule has 0 fully saturated rings. The monoisotopic (exact) mass is 256 g/mol. The fourth-order valence-electron chi connectivity index (χ4n) is 2.03. The van der Waals surface area contributed by atoms with Gasteiger partial charge in [-0.15, -0.1) is 0 Å². The molecule has 1 aromatic carbocycles. The summed E-state index contributed by atoms with van der Waals surface area (Å²) in [6, 6.07) is 3.83. The van der Waals surface area contributed by atoms with Gasteiger partial charge in [0.1, 0.15) is 0 Å². The number of rotatable bonds is 8. The van der Waals surface area contributed by atoms with E-state index in [2.05, 4.69) is 12.3 Å². The predicted molar refractivity (Wildman–Crippen MR) is 69.8 cm³/mol. The lowest BCUT2D eigenvalue weighted by atomic mass is 10.00. The number of hydrogen-bond donors (Lipinski definition) is 2. The molecule has 0 aromatic heterocycles. The summed E-state index contributed by atoms with van der Waals surface area (Å²) in [5.41, 5.74) is 3.37. The molecule has 1 aromatic rings. The topological polar surface area (TPSA) is 38.0 Å². The van der Waals surface area contributed by atoms with Crippen LogP contribution in [0.25, 0.3) is 0 Å². The first-order valence-electron chi connectivity index (χ1n) is 6.60. The Kier molecular flexibility index (Phi) is 6.83. The van der Waals surface area contributed by atoms with E-state index in [0.29, 0.717) is 5.56 Å². The van der Waals surface area contributed by atoms with Crippen LogP contribution in [0.3, 0.4) is 0 Å². The van der Waals surface area contributed by atoms with E-state index in [-0.39, 0.29) is 6.04 Å². The van der Waals surface area contributed by atoms with Gasteiger partial charge in [0.05, 0.1) is 0 Å². The van der Waals surface area contributed by atoms with Crippen LogP contribution < -0.4 is 11.3 Å². The maximum absolute atomic E-state index is 13.1. The number of hydrogen-bond acceptors (Lipinski definition) is 2. The highest BCUT2D eigenvalue weighted by atomic mass is 19.2. The minimum atomic E-state index is -0.822. The average molecular weight is 256 g/mol. The highest BCUT2D eigenvalue weighted by molar-refractivity contribution is 5.21. The van der Waals surface area contributed by atoms with E-state index in [0.717, 1.165) is 25.3 Å². The Morgan fingerprint density at radius 3 is 2.44 bits per heavy atom. The Bertz CT molecular complexity index is 356. The molecule has 0 amide bonds. The molecule has 1 atom stereocenters. The van der Waals surface area contributed by atoms with Crippen molar-refractivity contribution in [2.75, 3.05) is 0 Å². The number of hydrazine groups is 1. The van der Waals surface area contributed by atoms with Crippen LogP contribution >= 0.6 is 0 Å². The van der Waals surface area contributed by atoms with E-state index in [9.17, 15) is 8.78 Å². The largest absolute Gasteiger partial charge is 0.271 e. The van der Waals surface area contributed by atoms with Crippen LogP contribution in [-0.4, -0.2) is 0 Å². The lowest BCUT2D eigenvalue weighted by Crippen LogP contribution is -2.28. The third-order valence-corrected chi connectivity index (χ3v) is 3.14. The fourth-order valence-corrected chi connectivity index (χ4v) is 2.03. The van der Waals surface area contributed by atoms with Gasteiger partial charge in [0.25, 0.3) is 0 Å². The van der Waals surface area contributed by atoms with Gasteiger partial charge < -0.3 is 0 Å². The second-order valence-electron chi connectivity index (χ2n) is 4.60. The van der Waals surface area contributed by atoms with Crippen molar-refractivity contribution in [3.8, 4) is 0 Å². The number of benzene rings is 1. The summed E-state index contributed by atoms with van der Waals surface area (Å²) in [7, 11) is 0. The van der Waals surface area contributed by atoms with Crippen LogP contribution in [-0.2, 0) is 0 Å². The molecular weight excluding hydrogens is 234 g/mol. The van der Waals surface area contributed by atoms with Crippen LogP contribution in [0.5, 0.6) is 0 Å². The average Bonchev–Trinajstić information content (AvgIpc) is 2.37. The molecule has 0 saturated heterocycles. The molecular formula is C14H22F2N2. The smallest absolute Gasteiger partial charge is 0.159 e. The summed E-state index contributed by atoms with van der Waals surface area (Å²) in [6.45, 7) is 2.17. The van der Waals surface area contributed by atoms with Gasteiger partial charge in [-0.2, -0.15) is 0 Å². The highest BCUT2D eigenvalue weighted by Gasteiger charge is 2.11. The predicted octanol–water partition coefficient (Wildman–Crippen LogP) is 3.83. The number of nitrogens with one attached hydrogen (secondary N) is 1. The third-order valence-electron chi connectivity index (χ3n) is 3.14. The van der Waals surface area contributed by atoms with E-state index >= 15 is 0 Å². The number of nitrogens with two attached hydrogens (primary N) is 1. The summed E-state index contributed by atoms with van der Waals surface area (Å²) in [5.74, 6) is 3.83. The third kappa shape index (κ3) is 4.70. The number of unbranched alkanes of at least 4 members (excludes halogenated alkanes) is 4. The Balaban J connectivity index is 2.47. The molecule has 18 heavy (non-hydrogen) atoms. The highest BCUT2D eigenvalue weighted by Crippen LogP contribution is 2.21. The lowest BCUT2D eigenvalue weighted by molar-refractivity contribution is 0.468. The van der Waals surface area contributed by atoms with Crippen molar-refractivity contribution >= 4 is 0 Å². The Hall–Kier alpha value is -1.00. The van der Waals surface area contributed by atoms with Crippen molar-refractivity contribution in [3.63, 3.8) is 0 Å². The maximum atomic E-state index is 13.1. The SMILES string of the molecule is CCCCCCCC(NN)c1ccc(F)c(F)c1. The van der Waals surface area contributed by atoms with E-state index in [1.165, 1.54) is 25.3 Å². The molecule has 3 N–H and O–H groups in total. The molecule has 0 aliphatic rings. The number of halogens is 2. The van der Waals surface area contributed by atoms with Crippen LogP contribution in [0.1, 0.15) is 57.1 Å². The molecule has 0 spiro atoms. The standard InChI is InChI=1S/C14H22F2N2/c1-2-3-4-5-6-7-14(18-17)11-8-9-12(15)13(16)10-11/h8-10,14,18H,2-7,17H2,1H3. The van der Waals surface area contributed by atoms with Crippen LogP contribution in [0.2, 0.25) is 0 Å². The van der Waals surface area contributed by atoms with E-state index < -0.39 is 11.6 Å². The maximum Gasteiger partial charge on any atom is 0.159 e. The van der Waals surface area contributed by atoms with E-state index in [1.54, 1.807) is 6.07 Å². The molecule has 102 valence electrons. The van der Waals surface area contributed by atoms with Crippen molar-refractivity contribution < 1.29 is 8.78 Å². The second kappa shape index (κ2) is 8.16. The first kappa shape index (κ1) is 15.1. The minimum absolute atomic E-state index is 0.110. The molecule has 0 aliphatic carbocycles. The van der Waals surface area contributed by atoms with Crippen LogP contribution in [0.4, 0.5) is 8.78 Å². The Labute approximate surface area is 108 Å². The van der Waals surface area contributed by atoms with Crippen LogP contribution in [0.15, 0.2) is 18.2 Å². The molecule has 0 bridgehead atoms. The van der Waals surface area contributed by atoms with Gasteiger partial charge in [-0.05, 0) is 24.1 Å². The zero-order chi connectivity index (χ0) is 13.4. The van der Waals surface area contributed by atoms with Gasteiger partial charge in [-0.25, -0.2) is 8.78 Å². The van der Waals surface area contributed by atoms with Gasteiger partial charge in [0.15, 0.2) is 11.6 Å². The molecule has 4 heteroatoms. The van der Waals surface area contributed by atoms with Crippen LogP contribution in [0, 0.1) is 11.6 Å².